The molecule has 6 heteroatoms. The minimum Gasteiger partial charge on any atom is -0.469 e. The highest BCUT2D eigenvalue weighted by atomic mass is 35.5. The highest BCUT2D eigenvalue weighted by molar-refractivity contribution is 7.13. The van der Waals surface area contributed by atoms with Crippen molar-refractivity contribution in [2.45, 2.75) is 12.3 Å². The molecule has 0 atom stereocenters. The molecule has 0 aromatic carbocycles. The number of ether oxygens (including phenoxy) is 1. The van der Waals surface area contributed by atoms with Crippen molar-refractivity contribution in [3.63, 3.8) is 0 Å². The van der Waals surface area contributed by atoms with Crippen molar-refractivity contribution in [1.82, 2.24) is 10.2 Å². The van der Waals surface area contributed by atoms with Crippen molar-refractivity contribution in [2.24, 2.45) is 0 Å². The van der Waals surface area contributed by atoms with E-state index in [0.29, 0.717) is 17.7 Å². The van der Waals surface area contributed by atoms with E-state index < -0.39 is 0 Å². The summed E-state index contributed by atoms with van der Waals surface area (Å²) in [5.74, 6) is 0.395. The molecule has 0 saturated heterocycles. The number of hydrogen-bond donors (Lipinski definition) is 0. The smallest absolute Gasteiger partial charge is 0.294 e. The number of nitrogens with zero attached hydrogens (tertiary/aromatic N) is 2. The number of halogens is 1. The molecule has 0 bridgehead atoms. The van der Waals surface area contributed by atoms with Gasteiger partial charge in [-0.2, -0.15) is 0 Å². The van der Waals surface area contributed by atoms with Gasteiger partial charge in [0, 0.05) is 11.3 Å². The van der Waals surface area contributed by atoms with Gasteiger partial charge in [0.15, 0.2) is 0 Å². The van der Waals surface area contributed by atoms with Crippen LogP contribution in [-0.4, -0.2) is 16.8 Å². The van der Waals surface area contributed by atoms with Crippen LogP contribution in [0.25, 0.3) is 0 Å². The van der Waals surface area contributed by atoms with Crippen molar-refractivity contribution in [2.75, 3.05) is 6.61 Å². The van der Waals surface area contributed by atoms with E-state index in [1.165, 1.54) is 16.2 Å². The molecule has 0 N–H and O–H groups in total. The fourth-order valence-electron chi connectivity index (χ4n) is 1.04. The van der Waals surface area contributed by atoms with Crippen molar-refractivity contribution in [1.29, 1.82) is 0 Å². The zero-order valence-electron chi connectivity index (χ0n) is 7.85. The van der Waals surface area contributed by atoms with E-state index in [9.17, 15) is 0 Å². The summed E-state index contributed by atoms with van der Waals surface area (Å²) in [6.07, 6.45) is 0.910. The molecule has 2 rings (SSSR count). The molecule has 0 aliphatic carbocycles. The summed E-state index contributed by atoms with van der Waals surface area (Å²) in [6.45, 7) is 0.636. The Morgan fingerprint density at radius 2 is 2.33 bits per heavy atom. The first-order valence-electron chi connectivity index (χ1n) is 4.42. The maximum atomic E-state index is 5.61. The first-order chi connectivity index (χ1) is 7.38. The van der Waals surface area contributed by atoms with E-state index >= 15 is 0 Å². The molecule has 0 amide bonds. The summed E-state index contributed by atoms with van der Waals surface area (Å²) in [5, 5.41) is 11.2. The van der Waals surface area contributed by atoms with Crippen LogP contribution >= 0.6 is 34.3 Å². The maximum Gasteiger partial charge on any atom is 0.294 e. The van der Waals surface area contributed by atoms with E-state index in [-0.39, 0.29) is 0 Å². The maximum absolute atomic E-state index is 5.61. The highest BCUT2D eigenvalue weighted by Gasteiger charge is 2.03. The third kappa shape index (κ3) is 3.15. The van der Waals surface area contributed by atoms with Crippen LogP contribution in [0.2, 0.25) is 0 Å². The Morgan fingerprint density at radius 3 is 3.00 bits per heavy atom. The first-order valence-corrected chi connectivity index (χ1v) is 6.65. The standard InChI is InChI=1S/C9H9ClN2OS2/c10-6-8-11-12-9(15-8)13-4-3-7-2-1-5-14-7/h1-2,5H,3-4,6H2. The SMILES string of the molecule is ClCc1nnc(OCCc2cccs2)s1. The van der Waals surface area contributed by atoms with Crippen LogP contribution in [-0.2, 0) is 12.3 Å². The van der Waals surface area contributed by atoms with Crippen LogP contribution in [0.1, 0.15) is 9.88 Å². The molecule has 0 aliphatic rings. The molecule has 15 heavy (non-hydrogen) atoms. The second kappa shape index (κ2) is 5.44. The summed E-state index contributed by atoms with van der Waals surface area (Å²) in [5.41, 5.74) is 0. The van der Waals surface area contributed by atoms with Gasteiger partial charge in [-0.1, -0.05) is 17.4 Å². The van der Waals surface area contributed by atoms with Crippen LogP contribution in [0, 0.1) is 0 Å². The minimum atomic E-state index is 0.395. The Balaban J connectivity index is 1.78. The molecule has 0 aliphatic heterocycles. The van der Waals surface area contributed by atoms with Gasteiger partial charge in [0.25, 0.3) is 5.19 Å². The number of rotatable bonds is 5. The van der Waals surface area contributed by atoms with Gasteiger partial charge in [0.05, 0.1) is 12.5 Å². The zero-order chi connectivity index (χ0) is 10.5. The Labute approximate surface area is 101 Å². The van der Waals surface area contributed by atoms with Gasteiger partial charge in [-0.05, 0) is 11.4 Å². The lowest BCUT2D eigenvalue weighted by Crippen LogP contribution is -1.99. The van der Waals surface area contributed by atoms with Crippen molar-refractivity contribution in [3.8, 4) is 5.19 Å². The van der Waals surface area contributed by atoms with Crippen LogP contribution in [0.5, 0.6) is 5.19 Å². The highest BCUT2D eigenvalue weighted by Crippen LogP contribution is 2.19. The molecule has 2 aromatic heterocycles. The van der Waals surface area contributed by atoms with Gasteiger partial charge >= 0.3 is 0 Å². The van der Waals surface area contributed by atoms with Crippen LogP contribution < -0.4 is 4.74 Å². The molecule has 80 valence electrons. The topological polar surface area (TPSA) is 35.0 Å². The summed E-state index contributed by atoms with van der Waals surface area (Å²) >= 11 is 8.74. The predicted molar refractivity (Wildman–Crippen MR) is 63.0 cm³/mol. The quantitative estimate of drug-likeness (QED) is 0.776. The van der Waals surface area contributed by atoms with Gasteiger partial charge < -0.3 is 4.74 Å². The van der Waals surface area contributed by atoms with Crippen molar-refractivity contribution < 1.29 is 4.74 Å². The number of aromatic nitrogens is 2. The molecule has 0 spiro atoms. The number of alkyl halides is 1. The Hall–Kier alpha value is -0.650. The number of hydrogen-bond acceptors (Lipinski definition) is 5. The van der Waals surface area contributed by atoms with Crippen molar-refractivity contribution >= 4 is 34.3 Å². The van der Waals surface area contributed by atoms with Gasteiger partial charge in [0.2, 0.25) is 0 Å². The summed E-state index contributed by atoms with van der Waals surface area (Å²) in [7, 11) is 0. The van der Waals surface area contributed by atoms with Crippen molar-refractivity contribution in [3.05, 3.63) is 27.4 Å². The van der Waals surface area contributed by atoms with Gasteiger partial charge in [-0.25, -0.2) is 0 Å². The van der Waals surface area contributed by atoms with E-state index in [0.717, 1.165) is 11.4 Å². The Morgan fingerprint density at radius 1 is 1.40 bits per heavy atom. The van der Waals surface area contributed by atoms with Gasteiger partial charge in [-0.15, -0.1) is 33.1 Å². The molecule has 0 fully saturated rings. The predicted octanol–water partition coefficient (Wildman–Crippen LogP) is 2.96. The zero-order valence-corrected chi connectivity index (χ0v) is 10.2. The van der Waals surface area contributed by atoms with Crippen LogP contribution in [0.3, 0.4) is 0 Å². The molecular weight excluding hydrogens is 252 g/mol. The molecular formula is C9H9ClN2OS2. The second-order valence-electron chi connectivity index (χ2n) is 2.77. The van der Waals surface area contributed by atoms with Crippen LogP contribution in [0.4, 0.5) is 0 Å². The molecule has 0 unspecified atom stereocenters. The van der Waals surface area contributed by atoms with Gasteiger partial charge in [0.1, 0.15) is 5.01 Å². The van der Waals surface area contributed by atoms with E-state index in [2.05, 4.69) is 21.6 Å². The third-order valence-corrected chi connectivity index (χ3v) is 3.90. The lowest BCUT2D eigenvalue weighted by Gasteiger charge is -1.98. The Kier molecular flexibility index (Phi) is 3.94. The number of thiophene rings is 1. The molecule has 0 saturated carbocycles. The van der Waals surface area contributed by atoms with E-state index in [1.54, 1.807) is 11.3 Å². The Bertz CT molecular complexity index is 402. The summed E-state index contributed by atoms with van der Waals surface area (Å²) < 4.78 is 5.45. The second-order valence-corrected chi connectivity index (χ2v) is 5.10. The van der Waals surface area contributed by atoms with Crippen LogP contribution in [0.15, 0.2) is 17.5 Å². The molecule has 3 nitrogen and oxygen atoms in total. The van der Waals surface area contributed by atoms with E-state index in [4.69, 9.17) is 16.3 Å². The molecule has 0 radical (unpaired) electrons. The fourth-order valence-corrected chi connectivity index (χ4v) is 2.51. The monoisotopic (exact) mass is 260 g/mol. The molecule has 2 heterocycles. The van der Waals surface area contributed by atoms with Gasteiger partial charge in [-0.3, -0.25) is 0 Å². The summed E-state index contributed by atoms with van der Waals surface area (Å²) in [6, 6.07) is 4.13. The first kappa shape index (κ1) is 10.9. The lowest BCUT2D eigenvalue weighted by atomic mass is 10.4. The minimum absolute atomic E-state index is 0.395. The fraction of sp³-hybridized carbons (Fsp3) is 0.333. The van der Waals surface area contributed by atoms with E-state index in [1.807, 2.05) is 6.07 Å². The average Bonchev–Trinajstić information content (AvgIpc) is 2.88. The lowest BCUT2D eigenvalue weighted by molar-refractivity contribution is 0.318. The average molecular weight is 261 g/mol. The normalized spacial score (nSPS) is 10.5. The largest absolute Gasteiger partial charge is 0.469 e. The summed E-state index contributed by atoms with van der Waals surface area (Å²) in [4.78, 5) is 1.32. The third-order valence-electron chi connectivity index (χ3n) is 1.72. The molecule has 2 aromatic rings.